The Labute approximate surface area is 137 Å². The van der Waals surface area contributed by atoms with Gasteiger partial charge in [-0.1, -0.05) is 0 Å². The molecule has 3 rings (SSSR count). The number of rotatable bonds is 4. The third-order valence-electron chi connectivity index (χ3n) is 3.63. The summed E-state index contributed by atoms with van der Waals surface area (Å²) in [5.41, 5.74) is 0.863. The van der Waals surface area contributed by atoms with Gasteiger partial charge in [0.25, 0.3) is 0 Å². The molecule has 1 N–H and O–H groups in total. The fraction of sp³-hybridized carbons (Fsp3) is 0.111. The number of ether oxygens (including phenoxy) is 1. The number of hydrogen-bond donors (Lipinski definition) is 1. The van der Waals surface area contributed by atoms with Gasteiger partial charge < -0.3 is 14.6 Å². The van der Waals surface area contributed by atoms with Crippen LogP contribution in [0.25, 0.3) is 10.9 Å². The smallest absolute Gasteiger partial charge is 0.244 e. The SMILES string of the molecule is COc1ccc(NC(=O)Cn2ccc(=O)c3cc(F)ccc32)cc1. The third kappa shape index (κ3) is 3.27. The summed E-state index contributed by atoms with van der Waals surface area (Å²) in [5, 5.41) is 3.01. The van der Waals surface area contributed by atoms with Gasteiger partial charge in [-0.05, 0) is 42.5 Å². The van der Waals surface area contributed by atoms with Crippen molar-refractivity contribution in [2.45, 2.75) is 6.54 Å². The van der Waals surface area contributed by atoms with Crippen molar-refractivity contribution in [1.82, 2.24) is 4.57 Å². The molecular formula is C18H15FN2O3. The average Bonchev–Trinajstić information content (AvgIpc) is 2.58. The molecule has 3 aromatic rings. The molecule has 2 aromatic carbocycles. The Morgan fingerprint density at radius 3 is 2.62 bits per heavy atom. The summed E-state index contributed by atoms with van der Waals surface area (Å²) in [5.74, 6) is -0.0455. The van der Waals surface area contributed by atoms with Crippen LogP contribution < -0.4 is 15.5 Å². The second kappa shape index (κ2) is 6.54. The highest BCUT2D eigenvalue weighted by Crippen LogP contribution is 2.16. The van der Waals surface area contributed by atoms with Crippen LogP contribution in [0.3, 0.4) is 0 Å². The van der Waals surface area contributed by atoms with Crippen molar-refractivity contribution in [3.05, 3.63) is 70.8 Å². The Bertz CT molecular complexity index is 949. The first-order valence-corrected chi connectivity index (χ1v) is 7.29. The van der Waals surface area contributed by atoms with E-state index in [0.717, 1.165) is 0 Å². The van der Waals surface area contributed by atoms with E-state index in [2.05, 4.69) is 5.32 Å². The van der Waals surface area contributed by atoms with Crippen LogP contribution in [-0.4, -0.2) is 17.6 Å². The molecule has 24 heavy (non-hydrogen) atoms. The largest absolute Gasteiger partial charge is 0.497 e. The number of anilines is 1. The van der Waals surface area contributed by atoms with Crippen molar-refractivity contribution in [2.24, 2.45) is 0 Å². The monoisotopic (exact) mass is 326 g/mol. The van der Waals surface area contributed by atoms with E-state index in [9.17, 15) is 14.0 Å². The summed E-state index contributed by atoms with van der Waals surface area (Å²) >= 11 is 0. The van der Waals surface area contributed by atoms with E-state index in [4.69, 9.17) is 4.74 Å². The maximum Gasteiger partial charge on any atom is 0.244 e. The van der Waals surface area contributed by atoms with Gasteiger partial charge in [0.1, 0.15) is 18.1 Å². The number of carbonyl (C=O) groups is 1. The van der Waals surface area contributed by atoms with Gasteiger partial charge >= 0.3 is 0 Å². The summed E-state index contributed by atoms with van der Waals surface area (Å²) in [6.07, 6.45) is 1.52. The number of hydrogen-bond acceptors (Lipinski definition) is 3. The van der Waals surface area contributed by atoms with E-state index < -0.39 is 5.82 Å². The molecule has 0 spiro atoms. The second-order valence-corrected chi connectivity index (χ2v) is 5.25. The molecule has 0 unspecified atom stereocenters. The van der Waals surface area contributed by atoms with Gasteiger partial charge in [-0.25, -0.2) is 4.39 Å². The molecule has 0 radical (unpaired) electrons. The van der Waals surface area contributed by atoms with Crippen LogP contribution >= 0.6 is 0 Å². The topological polar surface area (TPSA) is 60.3 Å². The number of methoxy groups -OCH3 is 1. The van der Waals surface area contributed by atoms with Crippen molar-refractivity contribution < 1.29 is 13.9 Å². The lowest BCUT2D eigenvalue weighted by Crippen LogP contribution is -2.20. The number of carbonyl (C=O) groups excluding carboxylic acids is 1. The Hall–Kier alpha value is -3.15. The molecule has 0 saturated heterocycles. The van der Waals surface area contributed by atoms with Crippen molar-refractivity contribution in [3.8, 4) is 5.75 Å². The molecule has 0 bridgehead atoms. The minimum Gasteiger partial charge on any atom is -0.497 e. The fourth-order valence-electron chi connectivity index (χ4n) is 2.45. The van der Waals surface area contributed by atoms with Crippen LogP contribution in [0.5, 0.6) is 5.75 Å². The second-order valence-electron chi connectivity index (χ2n) is 5.25. The van der Waals surface area contributed by atoms with Crippen molar-refractivity contribution in [2.75, 3.05) is 12.4 Å². The standard InChI is InChI=1S/C18H15FN2O3/c1-24-14-5-3-13(4-6-14)20-18(23)11-21-9-8-17(22)15-10-12(19)2-7-16(15)21/h2-10H,11H2,1H3,(H,20,23). The first-order chi connectivity index (χ1) is 11.6. The van der Waals surface area contributed by atoms with Crippen LogP contribution in [0.4, 0.5) is 10.1 Å². The maximum atomic E-state index is 13.3. The van der Waals surface area contributed by atoms with Crippen molar-refractivity contribution >= 4 is 22.5 Å². The van der Waals surface area contributed by atoms with Gasteiger partial charge in [0.2, 0.25) is 5.91 Å². The summed E-state index contributed by atoms with van der Waals surface area (Å²) < 4.78 is 20.0. The van der Waals surface area contributed by atoms with Gasteiger partial charge in [-0.3, -0.25) is 9.59 Å². The van der Waals surface area contributed by atoms with E-state index in [0.29, 0.717) is 17.0 Å². The van der Waals surface area contributed by atoms with Crippen LogP contribution in [0.1, 0.15) is 0 Å². The van der Waals surface area contributed by atoms with Gasteiger partial charge in [-0.15, -0.1) is 0 Å². The van der Waals surface area contributed by atoms with Gasteiger partial charge in [0.15, 0.2) is 5.43 Å². The van der Waals surface area contributed by atoms with Crippen LogP contribution in [0.15, 0.2) is 59.5 Å². The highest BCUT2D eigenvalue weighted by molar-refractivity contribution is 5.91. The molecule has 1 aromatic heterocycles. The van der Waals surface area contributed by atoms with E-state index in [1.165, 1.54) is 30.5 Å². The van der Waals surface area contributed by atoms with Crippen LogP contribution in [0, 0.1) is 5.82 Å². The Balaban J connectivity index is 1.82. The molecule has 0 fully saturated rings. The zero-order chi connectivity index (χ0) is 17.1. The number of fused-ring (bicyclic) bond motifs is 1. The Morgan fingerprint density at radius 1 is 1.17 bits per heavy atom. The Kier molecular flexibility index (Phi) is 4.29. The summed E-state index contributed by atoms with van der Waals surface area (Å²) in [6.45, 7) is 0.00837. The first-order valence-electron chi connectivity index (χ1n) is 7.29. The lowest BCUT2D eigenvalue weighted by Gasteiger charge is -2.11. The zero-order valence-electron chi connectivity index (χ0n) is 13.0. The van der Waals surface area contributed by atoms with Gasteiger partial charge in [0, 0.05) is 23.3 Å². The van der Waals surface area contributed by atoms with Crippen LogP contribution in [0.2, 0.25) is 0 Å². The molecule has 0 aliphatic carbocycles. The number of amides is 1. The predicted octanol–water partition coefficient (Wildman–Crippen LogP) is 2.79. The number of nitrogens with zero attached hydrogens (tertiary/aromatic N) is 1. The van der Waals surface area contributed by atoms with Gasteiger partial charge in [-0.2, -0.15) is 0 Å². The molecule has 0 saturated carbocycles. The molecular weight excluding hydrogens is 311 g/mol. The quantitative estimate of drug-likeness (QED) is 0.802. The van der Waals surface area contributed by atoms with E-state index in [-0.39, 0.29) is 23.3 Å². The average molecular weight is 326 g/mol. The highest BCUT2D eigenvalue weighted by atomic mass is 19.1. The summed E-state index contributed by atoms with van der Waals surface area (Å²) in [4.78, 5) is 24.0. The third-order valence-corrected chi connectivity index (χ3v) is 3.63. The number of aromatic nitrogens is 1. The molecule has 6 heteroatoms. The van der Waals surface area contributed by atoms with E-state index >= 15 is 0 Å². The lowest BCUT2D eigenvalue weighted by atomic mass is 10.2. The fourth-order valence-corrected chi connectivity index (χ4v) is 2.45. The number of nitrogens with one attached hydrogen (secondary N) is 1. The molecule has 1 heterocycles. The molecule has 0 aliphatic rings. The zero-order valence-corrected chi connectivity index (χ0v) is 13.0. The summed E-state index contributed by atoms with van der Waals surface area (Å²) in [7, 11) is 1.57. The normalized spacial score (nSPS) is 10.6. The molecule has 0 atom stereocenters. The van der Waals surface area contributed by atoms with E-state index in [1.807, 2.05) is 0 Å². The minimum absolute atomic E-state index is 0.00837. The number of pyridine rings is 1. The maximum absolute atomic E-state index is 13.3. The first kappa shape index (κ1) is 15.7. The number of benzene rings is 2. The van der Waals surface area contributed by atoms with Crippen molar-refractivity contribution in [1.29, 1.82) is 0 Å². The van der Waals surface area contributed by atoms with Crippen molar-refractivity contribution in [3.63, 3.8) is 0 Å². The summed E-state index contributed by atoms with van der Waals surface area (Å²) in [6, 6.07) is 12.2. The molecule has 1 amide bonds. The molecule has 5 nitrogen and oxygen atoms in total. The number of halogens is 1. The highest BCUT2D eigenvalue weighted by Gasteiger charge is 2.08. The predicted molar refractivity (Wildman–Crippen MR) is 89.8 cm³/mol. The molecule has 0 aliphatic heterocycles. The van der Waals surface area contributed by atoms with E-state index in [1.54, 1.807) is 35.9 Å². The lowest BCUT2D eigenvalue weighted by molar-refractivity contribution is -0.116. The minimum atomic E-state index is -0.486. The van der Waals surface area contributed by atoms with Gasteiger partial charge in [0.05, 0.1) is 12.6 Å². The Morgan fingerprint density at radius 2 is 1.92 bits per heavy atom. The van der Waals surface area contributed by atoms with Crippen LogP contribution in [-0.2, 0) is 11.3 Å². The molecule has 122 valence electrons.